The highest BCUT2D eigenvalue weighted by atomic mass is 32.2. The van der Waals surface area contributed by atoms with E-state index in [1.54, 1.807) is 36.4 Å². The van der Waals surface area contributed by atoms with Gasteiger partial charge in [0.25, 0.3) is 0 Å². The molecule has 0 aliphatic carbocycles. The normalized spacial score (nSPS) is 15.5. The van der Waals surface area contributed by atoms with Crippen LogP contribution >= 0.6 is 0 Å². The summed E-state index contributed by atoms with van der Waals surface area (Å²) in [5.41, 5.74) is 6.69. The van der Waals surface area contributed by atoms with Crippen LogP contribution in [-0.2, 0) is 26.0 Å². The summed E-state index contributed by atoms with van der Waals surface area (Å²) in [6.07, 6.45) is 0.531. The van der Waals surface area contributed by atoms with E-state index in [0.29, 0.717) is 11.1 Å². The van der Waals surface area contributed by atoms with Gasteiger partial charge in [-0.05, 0) is 53.8 Å². The summed E-state index contributed by atoms with van der Waals surface area (Å²) < 4.78 is 29.3. The number of piperidine rings is 1. The number of nitrogens with two attached hydrogens (primary N) is 1. The Bertz CT molecular complexity index is 1410. The average molecular weight is 508 g/mol. The molecule has 3 aromatic rings. The molecule has 1 heterocycles. The number of carbonyl (C=O) groups is 2. The van der Waals surface area contributed by atoms with E-state index in [1.165, 1.54) is 11.0 Å². The van der Waals surface area contributed by atoms with Crippen molar-refractivity contribution in [1.82, 2.24) is 9.62 Å². The topological polar surface area (TPSA) is 156 Å². The predicted molar refractivity (Wildman–Crippen MR) is 134 cm³/mol. The van der Waals surface area contributed by atoms with Gasteiger partial charge in [0.1, 0.15) is 11.9 Å². The number of carboxylic acids is 1. The molecule has 1 saturated heterocycles. The third kappa shape index (κ3) is 5.72. The summed E-state index contributed by atoms with van der Waals surface area (Å²) >= 11 is 0. The van der Waals surface area contributed by atoms with Crippen molar-refractivity contribution in [3.05, 3.63) is 77.9 Å². The predicted octanol–water partition coefficient (Wildman–Crippen LogP) is 1.00. The molecule has 36 heavy (non-hydrogen) atoms. The molecule has 1 aliphatic rings. The number of hydrogen-bond acceptors (Lipinski definition) is 6. The van der Waals surface area contributed by atoms with Crippen molar-refractivity contribution in [3.8, 4) is 0 Å². The van der Waals surface area contributed by atoms with Gasteiger partial charge in [-0.1, -0.05) is 48.5 Å². The van der Waals surface area contributed by atoms with Crippen LogP contribution in [0.3, 0.4) is 0 Å². The number of carboxylic acid groups (broad SMARTS) is 1. The van der Waals surface area contributed by atoms with Gasteiger partial charge in [0, 0.05) is 30.5 Å². The first-order chi connectivity index (χ1) is 17.1. The van der Waals surface area contributed by atoms with Crippen molar-refractivity contribution in [3.63, 3.8) is 0 Å². The molecule has 0 spiro atoms. The Morgan fingerprint density at radius 1 is 1.03 bits per heavy atom. The molecule has 4 rings (SSSR count). The molecule has 0 bridgehead atoms. The number of carbonyl (C=O) groups excluding carboxylic acids is 2. The van der Waals surface area contributed by atoms with Gasteiger partial charge in [0.2, 0.25) is 15.9 Å². The Morgan fingerprint density at radius 2 is 1.72 bits per heavy atom. The van der Waals surface area contributed by atoms with Crippen molar-refractivity contribution in [2.24, 2.45) is 11.7 Å². The van der Waals surface area contributed by atoms with Crippen molar-refractivity contribution >= 4 is 38.5 Å². The number of nitrogen functional groups attached to an aromatic ring is 1. The fraction of sp³-hybridized carbons (Fsp3) is 0.269. The van der Waals surface area contributed by atoms with Gasteiger partial charge in [-0.15, -0.1) is 0 Å². The summed E-state index contributed by atoms with van der Waals surface area (Å²) in [5.74, 6) is -2.35. The van der Waals surface area contributed by atoms with E-state index in [-0.39, 0.29) is 43.1 Å². The number of benzene rings is 3. The SMILES string of the molecule is N=C(N)c1cccc(CC(NS(=O)(=O)c2ccc3ccccc3c2)C(=O)N2CCC(C(=O)[O-])CC2)c1. The van der Waals surface area contributed by atoms with Crippen LogP contribution in [0, 0.1) is 11.3 Å². The number of aliphatic carboxylic acids is 1. The Hall–Kier alpha value is -3.76. The molecule has 1 unspecified atom stereocenters. The number of amidine groups is 1. The highest BCUT2D eigenvalue weighted by Gasteiger charge is 2.32. The maximum Gasteiger partial charge on any atom is 0.241 e. The molecule has 4 N–H and O–H groups in total. The van der Waals surface area contributed by atoms with Crippen molar-refractivity contribution in [2.75, 3.05) is 13.1 Å². The van der Waals surface area contributed by atoms with E-state index in [2.05, 4.69) is 4.72 Å². The molecule has 1 aliphatic heterocycles. The van der Waals surface area contributed by atoms with E-state index in [4.69, 9.17) is 11.1 Å². The van der Waals surface area contributed by atoms with Crippen molar-refractivity contribution < 1.29 is 23.1 Å². The second-order valence-electron chi connectivity index (χ2n) is 8.92. The first kappa shape index (κ1) is 25.3. The summed E-state index contributed by atoms with van der Waals surface area (Å²) in [6, 6.07) is 17.7. The Balaban J connectivity index is 1.62. The Labute approximate surface area is 209 Å². The minimum atomic E-state index is -4.07. The largest absolute Gasteiger partial charge is 0.550 e. The number of rotatable bonds is 8. The van der Waals surface area contributed by atoms with Crippen LogP contribution in [0.4, 0.5) is 0 Å². The lowest BCUT2D eigenvalue weighted by molar-refractivity contribution is -0.312. The first-order valence-electron chi connectivity index (χ1n) is 11.6. The van der Waals surface area contributed by atoms with Crippen LogP contribution in [0.5, 0.6) is 0 Å². The second-order valence-corrected chi connectivity index (χ2v) is 10.6. The molecular formula is C26H27N4O5S-. The van der Waals surface area contributed by atoms with Gasteiger partial charge < -0.3 is 20.5 Å². The smallest absolute Gasteiger partial charge is 0.241 e. The first-order valence-corrected chi connectivity index (χ1v) is 13.1. The van der Waals surface area contributed by atoms with Gasteiger partial charge in [0.15, 0.2) is 0 Å². The quantitative estimate of drug-likeness (QED) is 0.305. The molecule has 1 fully saturated rings. The van der Waals surface area contributed by atoms with Crippen LogP contribution in [-0.4, -0.2) is 50.2 Å². The fourth-order valence-corrected chi connectivity index (χ4v) is 5.65. The van der Waals surface area contributed by atoms with E-state index in [1.807, 2.05) is 24.3 Å². The molecule has 1 atom stereocenters. The molecule has 1 amide bonds. The van der Waals surface area contributed by atoms with Crippen LogP contribution < -0.4 is 15.6 Å². The van der Waals surface area contributed by atoms with Crippen LogP contribution in [0.25, 0.3) is 10.8 Å². The maximum atomic E-state index is 13.5. The number of nitrogens with one attached hydrogen (secondary N) is 2. The Morgan fingerprint density at radius 3 is 2.39 bits per heavy atom. The lowest BCUT2D eigenvalue weighted by atomic mass is 9.96. The van der Waals surface area contributed by atoms with E-state index in [0.717, 1.165) is 10.8 Å². The minimum Gasteiger partial charge on any atom is -0.550 e. The number of nitrogens with zero attached hydrogens (tertiary/aromatic N) is 1. The number of sulfonamides is 1. The molecule has 0 aromatic heterocycles. The van der Waals surface area contributed by atoms with Gasteiger partial charge in [-0.25, -0.2) is 8.42 Å². The minimum absolute atomic E-state index is 0.0344. The Kier molecular flexibility index (Phi) is 7.37. The third-order valence-corrected chi connectivity index (χ3v) is 7.91. The zero-order chi connectivity index (χ0) is 25.9. The number of likely N-dealkylation sites (tertiary alicyclic amines) is 1. The fourth-order valence-electron chi connectivity index (χ4n) is 4.43. The second kappa shape index (κ2) is 10.5. The van der Waals surface area contributed by atoms with Gasteiger partial charge in [-0.3, -0.25) is 10.2 Å². The molecule has 0 saturated carbocycles. The summed E-state index contributed by atoms with van der Waals surface area (Å²) in [6.45, 7) is 0.387. The highest BCUT2D eigenvalue weighted by molar-refractivity contribution is 7.89. The van der Waals surface area contributed by atoms with Gasteiger partial charge in [-0.2, -0.15) is 4.72 Å². The monoisotopic (exact) mass is 507 g/mol. The highest BCUT2D eigenvalue weighted by Crippen LogP contribution is 2.22. The number of amides is 1. The number of fused-ring (bicyclic) bond motifs is 1. The van der Waals surface area contributed by atoms with Crippen LogP contribution in [0.15, 0.2) is 71.6 Å². The van der Waals surface area contributed by atoms with E-state index in [9.17, 15) is 23.1 Å². The molecule has 0 radical (unpaired) electrons. The van der Waals surface area contributed by atoms with Crippen LogP contribution in [0.1, 0.15) is 24.0 Å². The van der Waals surface area contributed by atoms with Gasteiger partial charge >= 0.3 is 0 Å². The van der Waals surface area contributed by atoms with Crippen molar-refractivity contribution in [1.29, 1.82) is 5.41 Å². The van der Waals surface area contributed by atoms with Crippen molar-refractivity contribution in [2.45, 2.75) is 30.2 Å². The summed E-state index contributed by atoms with van der Waals surface area (Å²) in [7, 11) is -4.07. The lowest BCUT2D eigenvalue weighted by Crippen LogP contribution is -2.52. The third-order valence-electron chi connectivity index (χ3n) is 6.44. The van der Waals surface area contributed by atoms with E-state index >= 15 is 0 Å². The molecule has 9 nitrogen and oxygen atoms in total. The summed E-state index contributed by atoms with van der Waals surface area (Å²) in [4.78, 5) is 26.2. The maximum absolute atomic E-state index is 13.5. The molecule has 3 aromatic carbocycles. The van der Waals surface area contributed by atoms with E-state index < -0.39 is 33.9 Å². The number of hydrogen-bond donors (Lipinski definition) is 3. The zero-order valence-corrected chi connectivity index (χ0v) is 20.3. The average Bonchev–Trinajstić information content (AvgIpc) is 2.87. The van der Waals surface area contributed by atoms with Gasteiger partial charge in [0.05, 0.1) is 4.90 Å². The van der Waals surface area contributed by atoms with Crippen LogP contribution in [0.2, 0.25) is 0 Å². The molecule has 188 valence electrons. The summed E-state index contributed by atoms with van der Waals surface area (Å²) in [5, 5.41) is 20.5. The standard InChI is InChI=1S/C26H28N4O5S/c27-24(28)21-7-3-4-17(14-21)15-23(25(31)30-12-10-19(11-13-30)26(32)33)29-36(34,35)22-9-8-18-5-1-2-6-20(18)16-22/h1-9,14,16,19,23,29H,10-13,15H2,(H3,27,28)(H,32,33)/p-1. The zero-order valence-electron chi connectivity index (χ0n) is 19.5. The lowest BCUT2D eigenvalue weighted by Gasteiger charge is -2.34. The molecule has 10 heteroatoms. The molecular weight excluding hydrogens is 480 g/mol.